The van der Waals surface area contributed by atoms with Gasteiger partial charge >= 0.3 is 0 Å². The van der Waals surface area contributed by atoms with Crippen LogP contribution in [0, 0.1) is 17.6 Å². The summed E-state index contributed by atoms with van der Waals surface area (Å²) < 4.78 is 28.4. The number of halogens is 2. The van der Waals surface area contributed by atoms with Crippen LogP contribution >= 0.6 is 0 Å². The third kappa shape index (κ3) is 2.60. The number of benzene rings is 1. The Morgan fingerprint density at radius 2 is 2.25 bits per heavy atom. The molecule has 1 N–H and O–H groups in total. The monoisotopic (exact) mass is 279 g/mol. The van der Waals surface area contributed by atoms with Gasteiger partial charge in [0.25, 0.3) is 0 Å². The zero-order chi connectivity index (χ0) is 14.8. The Labute approximate surface area is 115 Å². The normalized spacial score (nSPS) is 15.6. The molecule has 106 valence electrons. The summed E-state index contributed by atoms with van der Waals surface area (Å²) >= 11 is 0. The molecule has 0 bridgehead atoms. The summed E-state index contributed by atoms with van der Waals surface area (Å²) in [5.74, 6) is -1.96. The molecule has 0 aliphatic heterocycles. The predicted molar refractivity (Wildman–Crippen MR) is 69.6 cm³/mol. The number of aliphatic hydroxyl groups is 1. The van der Waals surface area contributed by atoms with Gasteiger partial charge in [-0.25, -0.2) is 18.4 Å². The van der Waals surface area contributed by atoms with Crippen LogP contribution in [-0.4, -0.2) is 19.9 Å². The topological polar surface area (TPSA) is 50.9 Å². The maximum Gasteiger partial charge on any atom is 0.137 e. The van der Waals surface area contributed by atoms with E-state index in [0.717, 1.165) is 12.1 Å². The molecule has 20 heavy (non-hydrogen) atoms. The van der Waals surface area contributed by atoms with E-state index in [1.165, 1.54) is 29.5 Å². The van der Waals surface area contributed by atoms with Crippen molar-refractivity contribution in [2.24, 2.45) is 5.92 Å². The molecule has 0 saturated carbocycles. The van der Waals surface area contributed by atoms with Crippen molar-refractivity contribution in [1.29, 1.82) is 0 Å². The lowest BCUT2D eigenvalue weighted by molar-refractivity contribution is -0.0222. The first-order chi connectivity index (χ1) is 9.47. The van der Waals surface area contributed by atoms with Gasteiger partial charge in [-0.2, -0.15) is 5.10 Å². The third-order valence-electron chi connectivity index (χ3n) is 3.37. The van der Waals surface area contributed by atoms with Crippen molar-refractivity contribution in [2.45, 2.75) is 19.1 Å². The van der Waals surface area contributed by atoms with Crippen molar-refractivity contribution in [3.8, 4) is 0 Å². The van der Waals surface area contributed by atoms with E-state index < -0.39 is 23.2 Å². The van der Waals surface area contributed by atoms with Crippen LogP contribution in [0.2, 0.25) is 0 Å². The molecule has 2 unspecified atom stereocenters. The van der Waals surface area contributed by atoms with Crippen LogP contribution in [0.3, 0.4) is 0 Å². The highest BCUT2D eigenvalue weighted by Crippen LogP contribution is 2.34. The number of aromatic nitrogens is 3. The number of hydrogen-bond donors (Lipinski definition) is 1. The maximum absolute atomic E-state index is 14.0. The molecule has 0 spiro atoms. The molecule has 0 aliphatic rings. The summed E-state index contributed by atoms with van der Waals surface area (Å²) in [6.07, 6.45) is 4.25. The summed E-state index contributed by atoms with van der Waals surface area (Å²) in [4.78, 5) is 3.78. The molecule has 6 heteroatoms. The van der Waals surface area contributed by atoms with Crippen molar-refractivity contribution in [2.75, 3.05) is 0 Å². The molecule has 0 saturated heterocycles. The lowest BCUT2D eigenvalue weighted by Crippen LogP contribution is -2.38. The molecule has 2 rings (SSSR count). The molecule has 0 fully saturated rings. The SMILES string of the molecule is C=CC(C)C(O)(Cn1cncn1)c1ccc(F)cc1F. The number of hydrogen-bond acceptors (Lipinski definition) is 3. The van der Waals surface area contributed by atoms with Gasteiger partial charge in [-0.3, -0.25) is 0 Å². The first-order valence-electron chi connectivity index (χ1n) is 6.10. The first kappa shape index (κ1) is 14.3. The highest BCUT2D eigenvalue weighted by atomic mass is 19.1. The largest absolute Gasteiger partial charge is 0.382 e. The maximum atomic E-state index is 14.0. The minimum atomic E-state index is -1.59. The van der Waals surface area contributed by atoms with Crippen LogP contribution in [0.1, 0.15) is 12.5 Å². The van der Waals surface area contributed by atoms with Gasteiger partial charge < -0.3 is 5.11 Å². The van der Waals surface area contributed by atoms with Crippen LogP contribution in [0.15, 0.2) is 43.5 Å². The van der Waals surface area contributed by atoms with E-state index in [-0.39, 0.29) is 12.1 Å². The summed E-state index contributed by atoms with van der Waals surface area (Å²) in [5, 5.41) is 14.8. The number of nitrogens with zero attached hydrogens (tertiary/aromatic N) is 3. The molecule has 0 aliphatic carbocycles. The predicted octanol–water partition coefficient (Wildman–Crippen LogP) is 2.27. The Kier molecular flexibility index (Phi) is 3.94. The molecule has 1 aromatic carbocycles. The van der Waals surface area contributed by atoms with Crippen molar-refractivity contribution < 1.29 is 13.9 Å². The van der Waals surface area contributed by atoms with Gasteiger partial charge in [0.15, 0.2) is 0 Å². The zero-order valence-corrected chi connectivity index (χ0v) is 11.0. The van der Waals surface area contributed by atoms with E-state index in [4.69, 9.17) is 0 Å². The van der Waals surface area contributed by atoms with Gasteiger partial charge in [0.1, 0.15) is 29.9 Å². The highest BCUT2D eigenvalue weighted by molar-refractivity contribution is 5.27. The molecule has 1 heterocycles. The van der Waals surface area contributed by atoms with Crippen molar-refractivity contribution in [3.05, 3.63) is 60.7 Å². The van der Waals surface area contributed by atoms with E-state index in [1.807, 2.05) is 0 Å². The van der Waals surface area contributed by atoms with E-state index >= 15 is 0 Å². The molecule has 0 radical (unpaired) electrons. The van der Waals surface area contributed by atoms with Crippen LogP contribution in [0.25, 0.3) is 0 Å². The average Bonchev–Trinajstić information content (AvgIpc) is 2.90. The Morgan fingerprint density at radius 3 is 2.80 bits per heavy atom. The van der Waals surface area contributed by atoms with E-state index in [2.05, 4.69) is 16.7 Å². The highest BCUT2D eigenvalue weighted by Gasteiger charge is 2.37. The first-order valence-corrected chi connectivity index (χ1v) is 6.10. The second kappa shape index (κ2) is 5.50. The van der Waals surface area contributed by atoms with Gasteiger partial charge in [-0.05, 0) is 6.07 Å². The summed E-state index contributed by atoms with van der Waals surface area (Å²) in [5.41, 5.74) is -1.59. The van der Waals surface area contributed by atoms with Crippen LogP contribution < -0.4 is 0 Å². The van der Waals surface area contributed by atoms with Gasteiger partial charge in [-0.15, -0.1) is 6.58 Å². The average molecular weight is 279 g/mol. The number of rotatable bonds is 5. The Bertz CT molecular complexity index is 600. The van der Waals surface area contributed by atoms with E-state index in [1.54, 1.807) is 6.92 Å². The summed E-state index contributed by atoms with van der Waals surface area (Å²) in [7, 11) is 0. The summed E-state index contributed by atoms with van der Waals surface area (Å²) in [6, 6.07) is 3.10. The van der Waals surface area contributed by atoms with Crippen LogP contribution in [0.5, 0.6) is 0 Å². The van der Waals surface area contributed by atoms with Gasteiger partial charge in [0, 0.05) is 17.5 Å². The van der Waals surface area contributed by atoms with Crippen molar-refractivity contribution in [3.63, 3.8) is 0 Å². The van der Waals surface area contributed by atoms with Crippen molar-refractivity contribution in [1.82, 2.24) is 14.8 Å². The smallest absolute Gasteiger partial charge is 0.137 e. The molecule has 2 atom stereocenters. The second-order valence-electron chi connectivity index (χ2n) is 4.67. The second-order valence-corrected chi connectivity index (χ2v) is 4.67. The Morgan fingerprint density at radius 1 is 1.50 bits per heavy atom. The van der Waals surface area contributed by atoms with Crippen LogP contribution in [-0.2, 0) is 12.1 Å². The van der Waals surface area contributed by atoms with E-state index in [0.29, 0.717) is 0 Å². The lowest BCUT2D eigenvalue weighted by atomic mass is 9.82. The molecule has 1 aromatic heterocycles. The van der Waals surface area contributed by atoms with Crippen molar-refractivity contribution >= 4 is 0 Å². The van der Waals surface area contributed by atoms with Crippen LogP contribution in [0.4, 0.5) is 8.78 Å². The molecular weight excluding hydrogens is 264 g/mol. The fraction of sp³-hybridized carbons (Fsp3) is 0.286. The van der Waals surface area contributed by atoms with Gasteiger partial charge in [0.2, 0.25) is 0 Å². The Hall–Kier alpha value is -2.08. The van der Waals surface area contributed by atoms with E-state index in [9.17, 15) is 13.9 Å². The van der Waals surface area contributed by atoms with Gasteiger partial charge in [0.05, 0.1) is 6.54 Å². The Balaban J connectivity index is 2.48. The summed E-state index contributed by atoms with van der Waals surface area (Å²) in [6.45, 7) is 5.32. The lowest BCUT2D eigenvalue weighted by Gasteiger charge is -2.33. The molecular formula is C14H15F2N3O. The standard InChI is InChI=1S/C14H15F2N3O/c1-3-10(2)14(20,7-19-9-17-8-18-19)12-5-4-11(15)6-13(12)16/h3-6,8-10,20H,1,7H2,2H3. The third-order valence-corrected chi connectivity index (χ3v) is 3.37. The minimum absolute atomic E-state index is 0.00167. The zero-order valence-electron chi connectivity index (χ0n) is 11.0. The molecule has 2 aromatic rings. The quantitative estimate of drug-likeness (QED) is 0.854. The minimum Gasteiger partial charge on any atom is -0.382 e. The fourth-order valence-corrected chi connectivity index (χ4v) is 2.07. The van der Waals surface area contributed by atoms with Gasteiger partial charge in [-0.1, -0.05) is 19.1 Å². The molecule has 0 amide bonds. The molecule has 4 nitrogen and oxygen atoms in total. The fourth-order valence-electron chi connectivity index (χ4n) is 2.07.